The number of hydrogen-bond acceptors (Lipinski definition) is 9. The minimum absolute atomic E-state index is 0.0158. The molecule has 17 heteroatoms. The minimum Gasteiger partial charge on any atom is -0.489 e. The molecule has 11 nitrogen and oxygen atoms in total. The zero-order valence-corrected chi connectivity index (χ0v) is 27.2. The summed E-state index contributed by atoms with van der Waals surface area (Å²) in [6, 6.07) is 7.98. The van der Waals surface area contributed by atoms with Crippen LogP contribution in [0.4, 0.5) is 14.6 Å². The molecule has 1 aliphatic heterocycles. The highest BCUT2D eigenvalue weighted by atomic mass is 35.5. The summed E-state index contributed by atoms with van der Waals surface area (Å²) in [6.45, 7) is -0.453. The molecule has 3 N–H and O–H groups in total. The smallest absolute Gasteiger partial charge is 0.266 e. The molecule has 1 amide bonds. The average Bonchev–Trinajstić information content (AvgIpc) is 3.73. The van der Waals surface area contributed by atoms with Gasteiger partial charge in [0.1, 0.15) is 35.2 Å². The van der Waals surface area contributed by atoms with Crippen LogP contribution in [-0.4, -0.2) is 59.5 Å². The summed E-state index contributed by atoms with van der Waals surface area (Å²) in [5.41, 5.74) is 0.0860. The van der Waals surface area contributed by atoms with Gasteiger partial charge in [0.2, 0.25) is 0 Å². The molecule has 2 fully saturated rings. The SMILES string of the molecule is O=C(NCCS(=O)(=O)O)c1cnc(N2CC(O)(c3ccc(OCc4c(-c5c(Cl)cc(F)cc5Cl)noc4C4CC4)cc3Cl)C2)c(F)c1. The number of pyridine rings is 1. The standard InChI is InChI=1S/C30H25Cl3F2N4O7S/c31-21-10-18(45-12-19-26(38-46-27(19)15-1-2-15)25-22(32)8-17(34)9-23(25)33)3-4-20(21)30(41)13-39(14-30)28-24(35)7-16(11-37-28)29(40)36-5-6-47(42,43)44/h3-4,7-11,15,41H,1-2,5-6,12-14H2,(H,36,40)(H,42,43,44). The third kappa shape index (κ3) is 7.17. The van der Waals surface area contributed by atoms with E-state index in [0.717, 1.165) is 37.2 Å². The summed E-state index contributed by atoms with van der Waals surface area (Å²) < 4.78 is 70.8. The molecule has 2 aromatic heterocycles. The maximum absolute atomic E-state index is 14.9. The highest BCUT2D eigenvalue weighted by molar-refractivity contribution is 7.85. The normalized spacial score (nSPS) is 15.8. The van der Waals surface area contributed by atoms with Crippen molar-refractivity contribution in [3.63, 3.8) is 0 Å². The highest BCUT2D eigenvalue weighted by Crippen LogP contribution is 2.46. The lowest BCUT2D eigenvalue weighted by atomic mass is 9.86. The van der Waals surface area contributed by atoms with E-state index >= 15 is 0 Å². The van der Waals surface area contributed by atoms with Crippen LogP contribution in [0.2, 0.25) is 15.1 Å². The summed E-state index contributed by atoms with van der Waals surface area (Å²) in [5.74, 6) is -1.80. The molecule has 0 spiro atoms. The maximum atomic E-state index is 14.9. The largest absolute Gasteiger partial charge is 0.489 e. The van der Waals surface area contributed by atoms with Crippen molar-refractivity contribution in [2.24, 2.45) is 0 Å². The number of anilines is 1. The number of halogens is 5. The van der Waals surface area contributed by atoms with E-state index in [0.29, 0.717) is 33.9 Å². The lowest BCUT2D eigenvalue weighted by Gasteiger charge is -2.47. The van der Waals surface area contributed by atoms with E-state index in [2.05, 4.69) is 15.5 Å². The van der Waals surface area contributed by atoms with Crippen molar-refractivity contribution in [3.05, 3.63) is 91.7 Å². The first-order valence-electron chi connectivity index (χ1n) is 14.1. The number of carbonyl (C=O) groups is 1. The molecule has 2 aromatic carbocycles. The fourth-order valence-corrected chi connectivity index (χ4v) is 6.65. The van der Waals surface area contributed by atoms with Crippen molar-refractivity contribution in [3.8, 4) is 17.0 Å². The predicted octanol–water partition coefficient (Wildman–Crippen LogP) is 5.76. The van der Waals surface area contributed by atoms with Gasteiger partial charge in [0.05, 0.1) is 45.0 Å². The molecule has 1 saturated heterocycles. The Labute approximate surface area is 282 Å². The Morgan fingerprint density at radius 3 is 2.43 bits per heavy atom. The van der Waals surface area contributed by atoms with Crippen LogP contribution in [0.25, 0.3) is 11.3 Å². The number of aromatic nitrogens is 2. The molecule has 4 aromatic rings. The average molecular weight is 730 g/mol. The number of aliphatic hydroxyl groups is 1. The van der Waals surface area contributed by atoms with E-state index < -0.39 is 39.0 Å². The van der Waals surface area contributed by atoms with Crippen molar-refractivity contribution in [2.45, 2.75) is 31.0 Å². The number of carbonyl (C=O) groups excluding carboxylic acids is 1. The van der Waals surface area contributed by atoms with E-state index in [4.69, 9.17) is 48.6 Å². The monoisotopic (exact) mass is 728 g/mol. The number of hydrogen-bond donors (Lipinski definition) is 3. The second-order valence-corrected chi connectivity index (χ2v) is 14.1. The molecule has 6 rings (SSSR count). The molecule has 0 atom stereocenters. The molecule has 0 bridgehead atoms. The predicted molar refractivity (Wildman–Crippen MR) is 169 cm³/mol. The fourth-order valence-electron chi connectivity index (χ4n) is 5.30. The van der Waals surface area contributed by atoms with Gasteiger partial charge < -0.3 is 24.6 Å². The number of amides is 1. The molecular formula is C30H25Cl3F2N4O7S. The molecule has 1 saturated carbocycles. The number of β-amino-alcohol motifs (C(OH)–C–C–N with tert-alkyl or cyclic N) is 1. The number of rotatable bonds is 11. The van der Waals surface area contributed by atoms with Crippen LogP contribution in [0, 0.1) is 11.6 Å². The number of benzene rings is 2. The zero-order chi connectivity index (χ0) is 33.7. The molecule has 3 heterocycles. The van der Waals surface area contributed by atoms with Crippen LogP contribution in [0.5, 0.6) is 5.75 Å². The Hall–Kier alpha value is -3.53. The Morgan fingerprint density at radius 2 is 1.81 bits per heavy atom. The van der Waals surface area contributed by atoms with Crippen molar-refractivity contribution >= 4 is 56.6 Å². The zero-order valence-electron chi connectivity index (χ0n) is 24.1. The first kappa shape index (κ1) is 33.4. The van der Waals surface area contributed by atoms with E-state index in [1.807, 2.05) is 0 Å². The van der Waals surface area contributed by atoms with Crippen LogP contribution >= 0.6 is 34.8 Å². The van der Waals surface area contributed by atoms with Crippen LogP contribution in [-0.2, 0) is 22.3 Å². The topological polar surface area (TPSA) is 155 Å². The summed E-state index contributed by atoms with van der Waals surface area (Å²) >= 11 is 19.2. The highest BCUT2D eigenvalue weighted by Gasteiger charge is 2.45. The molecule has 2 aliphatic rings. The van der Waals surface area contributed by atoms with Crippen LogP contribution in [0.1, 0.15) is 46.0 Å². The van der Waals surface area contributed by atoms with Gasteiger partial charge in [-0.3, -0.25) is 9.35 Å². The van der Waals surface area contributed by atoms with Gasteiger partial charge in [0, 0.05) is 29.8 Å². The minimum atomic E-state index is -4.27. The molecule has 47 heavy (non-hydrogen) atoms. The molecule has 0 unspecified atom stereocenters. The van der Waals surface area contributed by atoms with E-state index in [1.54, 1.807) is 12.1 Å². The van der Waals surface area contributed by atoms with Crippen LogP contribution in [0.15, 0.2) is 47.1 Å². The molecular weight excluding hydrogens is 705 g/mol. The van der Waals surface area contributed by atoms with Crippen molar-refractivity contribution in [2.75, 3.05) is 30.3 Å². The first-order valence-corrected chi connectivity index (χ1v) is 16.9. The number of nitrogens with zero attached hydrogens (tertiary/aromatic N) is 3. The van der Waals surface area contributed by atoms with Gasteiger partial charge in [0.25, 0.3) is 16.0 Å². The van der Waals surface area contributed by atoms with Gasteiger partial charge >= 0.3 is 0 Å². The molecule has 1 aliphatic carbocycles. The van der Waals surface area contributed by atoms with Gasteiger partial charge in [-0.25, -0.2) is 13.8 Å². The Morgan fingerprint density at radius 1 is 1.11 bits per heavy atom. The van der Waals surface area contributed by atoms with Gasteiger partial charge in [-0.1, -0.05) is 46.0 Å². The summed E-state index contributed by atoms with van der Waals surface area (Å²) in [7, 11) is -4.27. The summed E-state index contributed by atoms with van der Waals surface area (Å²) in [6.07, 6.45) is 2.95. The molecule has 0 radical (unpaired) electrons. The van der Waals surface area contributed by atoms with Crippen LogP contribution < -0.4 is 15.0 Å². The second kappa shape index (κ2) is 12.8. The summed E-state index contributed by atoms with van der Waals surface area (Å²) in [4.78, 5) is 17.6. The van der Waals surface area contributed by atoms with Crippen molar-refractivity contribution in [1.29, 1.82) is 0 Å². The Kier molecular flexibility index (Phi) is 9.11. The third-order valence-corrected chi connectivity index (χ3v) is 9.40. The first-order chi connectivity index (χ1) is 22.2. The lowest BCUT2D eigenvalue weighted by Crippen LogP contribution is -2.60. The Bertz CT molecular complexity index is 1960. The summed E-state index contributed by atoms with van der Waals surface area (Å²) in [5, 5.41) is 18.1. The van der Waals surface area contributed by atoms with E-state index in [-0.39, 0.29) is 58.6 Å². The Balaban J connectivity index is 1.12. The van der Waals surface area contributed by atoms with Crippen molar-refractivity contribution < 1.29 is 40.9 Å². The van der Waals surface area contributed by atoms with Gasteiger partial charge in [-0.2, -0.15) is 8.42 Å². The quantitative estimate of drug-likeness (QED) is 0.163. The van der Waals surface area contributed by atoms with Gasteiger partial charge in [-0.05, 0) is 43.2 Å². The van der Waals surface area contributed by atoms with Gasteiger partial charge in [-0.15, -0.1) is 0 Å². The van der Waals surface area contributed by atoms with Crippen molar-refractivity contribution in [1.82, 2.24) is 15.5 Å². The van der Waals surface area contributed by atoms with Gasteiger partial charge in [0.15, 0.2) is 11.6 Å². The van der Waals surface area contributed by atoms with Crippen LogP contribution in [0.3, 0.4) is 0 Å². The van der Waals surface area contributed by atoms with E-state index in [9.17, 15) is 27.1 Å². The second-order valence-electron chi connectivity index (χ2n) is 11.3. The lowest BCUT2D eigenvalue weighted by molar-refractivity contribution is 0.00671. The fraction of sp³-hybridized carbons (Fsp3) is 0.300. The molecule has 248 valence electrons. The van der Waals surface area contributed by atoms with E-state index in [1.165, 1.54) is 11.0 Å². The maximum Gasteiger partial charge on any atom is 0.266 e. The number of ether oxygens (including phenoxy) is 1. The third-order valence-electron chi connectivity index (χ3n) is 7.77. The number of nitrogens with one attached hydrogen (secondary N) is 1.